The molecule has 0 saturated heterocycles. The van der Waals surface area contributed by atoms with Crippen LogP contribution in [0.25, 0.3) is 0 Å². The normalized spacial score (nSPS) is 10.8. The summed E-state index contributed by atoms with van der Waals surface area (Å²) in [6.07, 6.45) is 1.50. The molecule has 0 bridgehead atoms. The monoisotopic (exact) mass is 462 g/mol. The van der Waals surface area contributed by atoms with Gasteiger partial charge in [0.25, 0.3) is 5.91 Å². The van der Waals surface area contributed by atoms with Gasteiger partial charge in [0.1, 0.15) is 6.61 Å². The fraction of sp³-hybridized carbons (Fsp3) is 0.0909. The highest BCUT2D eigenvalue weighted by Gasteiger charge is 2.09. The predicted molar refractivity (Wildman–Crippen MR) is 120 cm³/mol. The number of methoxy groups -OCH3 is 1. The van der Waals surface area contributed by atoms with E-state index in [2.05, 4.69) is 10.5 Å². The van der Waals surface area contributed by atoms with Crippen LogP contribution in [0.2, 0.25) is 15.1 Å². The molecule has 5 nitrogen and oxygen atoms in total. The zero-order valence-electron chi connectivity index (χ0n) is 15.9. The van der Waals surface area contributed by atoms with Gasteiger partial charge in [-0.3, -0.25) is 4.79 Å². The van der Waals surface area contributed by atoms with Crippen molar-refractivity contribution < 1.29 is 14.3 Å². The van der Waals surface area contributed by atoms with E-state index in [-0.39, 0.29) is 0 Å². The number of hydrazone groups is 1. The lowest BCUT2D eigenvalue weighted by Crippen LogP contribution is -2.17. The van der Waals surface area contributed by atoms with E-state index in [1.807, 2.05) is 24.3 Å². The van der Waals surface area contributed by atoms with Gasteiger partial charge in [0.15, 0.2) is 11.5 Å². The van der Waals surface area contributed by atoms with Crippen molar-refractivity contribution in [3.8, 4) is 11.5 Å². The van der Waals surface area contributed by atoms with Crippen LogP contribution in [0.3, 0.4) is 0 Å². The number of halogens is 3. The van der Waals surface area contributed by atoms with Crippen molar-refractivity contribution in [3.05, 3.63) is 92.4 Å². The molecule has 0 aromatic heterocycles. The molecule has 0 unspecified atom stereocenters. The minimum atomic E-state index is -0.406. The van der Waals surface area contributed by atoms with Crippen molar-refractivity contribution >= 4 is 46.9 Å². The molecule has 0 aliphatic carbocycles. The molecule has 3 aromatic rings. The Morgan fingerprint density at radius 2 is 1.77 bits per heavy atom. The third-order valence-corrected chi connectivity index (χ3v) is 5.20. The molecule has 0 radical (unpaired) electrons. The zero-order valence-corrected chi connectivity index (χ0v) is 18.1. The van der Waals surface area contributed by atoms with E-state index < -0.39 is 5.91 Å². The van der Waals surface area contributed by atoms with Crippen molar-refractivity contribution in [3.63, 3.8) is 0 Å². The fourth-order valence-electron chi connectivity index (χ4n) is 2.52. The average Bonchev–Trinajstić information content (AvgIpc) is 2.75. The van der Waals surface area contributed by atoms with Crippen LogP contribution in [-0.2, 0) is 6.61 Å². The Kier molecular flexibility index (Phi) is 7.57. The van der Waals surface area contributed by atoms with Gasteiger partial charge in [0.05, 0.1) is 23.4 Å². The number of ether oxygens (including phenoxy) is 2. The molecule has 0 aliphatic rings. The summed E-state index contributed by atoms with van der Waals surface area (Å²) in [5.74, 6) is 0.688. The summed E-state index contributed by atoms with van der Waals surface area (Å²) in [4.78, 5) is 12.1. The Labute approximate surface area is 189 Å². The first-order valence-electron chi connectivity index (χ1n) is 8.80. The van der Waals surface area contributed by atoms with Crippen LogP contribution in [-0.4, -0.2) is 19.2 Å². The summed E-state index contributed by atoms with van der Waals surface area (Å²) in [6, 6.07) is 17.4. The Balaban J connectivity index is 1.64. The third kappa shape index (κ3) is 5.66. The Bertz CT molecular complexity index is 1090. The number of hydrogen-bond donors (Lipinski definition) is 1. The highest BCUT2D eigenvalue weighted by molar-refractivity contribution is 6.42. The smallest absolute Gasteiger partial charge is 0.271 e. The van der Waals surface area contributed by atoms with Crippen LogP contribution >= 0.6 is 34.8 Å². The van der Waals surface area contributed by atoms with E-state index in [9.17, 15) is 4.79 Å². The second kappa shape index (κ2) is 10.3. The highest BCUT2D eigenvalue weighted by atomic mass is 35.5. The van der Waals surface area contributed by atoms with E-state index in [1.54, 1.807) is 37.4 Å². The quantitative estimate of drug-likeness (QED) is 0.345. The number of rotatable bonds is 7. The maximum Gasteiger partial charge on any atom is 0.271 e. The van der Waals surface area contributed by atoms with Crippen molar-refractivity contribution in [1.82, 2.24) is 5.43 Å². The summed E-state index contributed by atoms with van der Waals surface area (Å²) >= 11 is 17.9. The molecule has 0 aliphatic heterocycles. The Morgan fingerprint density at radius 1 is 0.967 bits per heavy atom. The van der Waals surface area contributed by atoms with Gasteiger partial charge in [0, 0.05) is 16.1 Å². The number of amides is 1. The maximum absolute atomic E-state index is 12.1. The van der Waals surface area contributed by atoms with Crippen molar-refractivity contribution in [2.24, 2.45) is 5.10 Å². The van der Waals surface area contributed by atoms with Crippen LogP contribution in [0, 0.1) is 0 Å². The second-order valence-corrected chi connectivity index (χ2v) is 7.34. The number of carbonyl (C=O) groups is 1. The van der Waals surface area contributed by atoms with Crippen molar-refractivity contribution in [2.75, 3.05) is 7.11 Å². The molecule has 1 amide bonds. The SMILES string of the molecule is COc1cc(/C=N/NC(=O)c2ccc(Cl)c(Cl)c2)ccc1OCc1ccccc1Cl. The molecular formula is C22H17Cl3N2O3. The summed E-state index contributed by atoms with van der Waals surface area (Å²) in [7, 11) is 1.55. The van der Waals surface area contributed by atoms with Gasteiger partial charge >= 0.3 is 0 Å². The standard InChI is InChI=1S/C22H17Cl3N2O3/c1-29-21-10-14(6-9-20(21)30-13-16-4-2-3-5-17(16)23)12-26-27-22(28)15-7-8-18(24)19(25)11-15/h2-12H,13H2,1H3,(H,27,28)/b26-12+. The van der Waals surface area contributed by atoms with Gasteiger partial charge in [-0.15, -0.1) is 0 Å². The third-order valence-electron chi connectivity index (χ3n) is 4.09. The lowest BCUT2D eigenvalue weighted by molar-refractivity contribution is 0.0955. The van der Waals surface area contributed by atoms with Gasteiger partial charge in [-0.1, -0.05) is 53.0 Å². The van der Waals surface area contributed by atoms with Gasteiger partial charge in [0.2, 0.25) is 0 Å². The topological polar surface area (TPSA) is 59.9 Å². The fourth-order valence-corrected chi connectivity index (χ4v) is 3.01. The summed E-state index contributed by atoms with van der Waals surface area (Å²) in [6.45, 7) is 0.309. The zero-order chi connectivity index (χ0) is 21.5. The molecule has 3 rings (SSSR count). The van der Waals surface area contributed by atoms with E-state index in [0.29, 0.717) is 44.3 Å². The molecule has 1 N–H and O–H groups in total. The maximum atomic E-state index is 12.1. The first-order chi connectivity index (χ1) is 14.5. The number of hydrogen-bond acceptors (Lipinski definition) is 4. The summed E-state index contributed by atoms with van der Waals surface area (Å²) < 4.78 is 11.2. The summed E-state index contributed by atoms with van der Waals surface area (Å²) in [5, 5.41) is 5.28. The largest absolute Gasteiger partial charge is 0.493 e. The van der Waals surface area contributed by atoms with Crippen LogP contribution in [0.15, 0.2) is 65.8 Å². The van der Waals surface area contributed by atoms with Crippen LogP contribution in [0.4, 0.5) is 0 Å². The number of benzene rings is 3. The highest BCUT2D eigenvalue weighted by Crippen LogP contribution is 2.29. The second-order valence-electron chi connectivity index (χ2n) is 6.12. The molecule has 8 heteroatoms. The molecule has 0 heterocycles. The molecule has 0 atom stereocenters. The Morgan fingerprint density at radius 3 is 2.50 bits per heavy atom. The number of nitrogens with one attached hydrogen (secondary N) is 1. The lowest BCUT2D eigenvalue weighted by atomic mass is 10.2. The van der Waals surface area contributed by atoms with E-state index in [4.69, 9.17) is 44.3 Å². The van der Waals surface area contributed by atoms with Crippen molar-refractivity contribution in [1.29, 1.82) is 0 Å². The van der Waals surface area contributed by atoms with Gasteiger partial charge < -0.3 is 9.47 Å². The molecule has 30 heavy (non-hydrogen) atoms. The molecule has 154 valence electrons. The lowest BCUT2D eigenvalue weighted by Gasteiger charge is -2.12. The number of nitrogens with zero attached hydrogens (tertiary/aromatic N) is 1. The molecular weight excluding hydrogens is 447 g/mol. The number of carbonyl (C=O) groups excluding carboxylic acids is 1. The van der Waals surface area contributed by atoms with Crippen LogP contribution < -0.4 is 14.9 Å². The van der Waals surface area contributed by atoms with Crippen LogP contribution in [0.5, 0.6) is 11.5 Å². The first-order valence-corrected chi connectivity index (χ1v) is 9.94. The first kappa shape index (κ1) is 22.0. The molecule has 0 spiro atoms. The Hall–Kier alpha value is -2.73. The van der Waals surface area contributed by atoms with Gasteiger partial charge in [-0.2, -0.15) is 5.10 Å². The van der Waals surface area contributed by atoms with Crippen LogP contribution in [0.1, 0.15) is 21.5 Å². The van der Waals surface area contributed by atoms with Gasteiger partial charge in [-0.25, -0.2) is 5.43 Å². The van der Waals surface area contributed by atoms with Gasteiger partial charge in [-0.05, 0) is 48.0 Å². The van der Waals surface area contributed by atoms with E-state index >= 15 is 0 Å². The van der Waals surface area contributed by atoms with E-state index in [0.717, 1.165) is 5.56 Å². The minimum absolute atomic E-state index is 0.297. The van der Waals surface area contributed by atoms with Crippen molar-refractivity contribution in [2.45, 2.75) is 6.61 Å². The molecule has 3 aromatic carbocycles. The molecule has 0 saturated carbocycles. The molecule has 0 fully saturated rings. The van der Waals surface area contributed by atoms with E-state index in [1.165, 1.54) is 12.3 Å². The summed E-state index contributed by atoms with van der Waals surface area (Å²) in [5.41, 5.74) is 4.38. The minimum Gasteiger partial charge on any atom is -0.493 e. The average molecular weight is 464 g/mol. The predicted octanol–water partition coefficient (Wildman–Crippen LogP) is 6.00.